The standard InChI is InChI=1S/C19H19NO3S/c21-19(15-10-9-13-5-1-2-6-14(13)11-15)20-17-12-24(22,23)18-8-4-3-7-16(17)18/h3-4,7-11,17H,1-2,5-6,12H2,(H,20,21). The van der Waals surface area contributed by atoms with Crippen LogP contribution in [0.25, 0.3) is 0 Å². The number of carbonyl (C=O) groups is 1. The highest BCUT2D eigenvalue weighted by Crippen LogP contribution is 2.33. The fourth-order valence-electron chi connectivity index (χ4n) is 3.69. The molecule has 0 saturated carbocycles. The minimum Gasteiger partial charge on any atom is -0.344 e. The summed E-state index contributed by atoms with van der Waals surface area (Å²) in [6.07, 6.45) is 4.45. The van der Waals surface area contributed by atoms with Gasteiger partial charge in [-0.2, -0.15) is 0 Å². The Bertz CT molecular complexity index is 918. The largest absolute Gasteiger partial charge is 0.344 e. The third-order valence-electron chi connectivity index (χ3n) is 4.93. The van der Waals surface area contributed by atoms with Gasteiger partial charge in [0.25, 0.3) is 5.91 Å². The van der Waals surface area contributed by atoms with Crippen molar-refractivity contribution < 1.29 is 13.2 Å². The first-order chi connectivity index (χ1) is 11.5. The molecule has 1 aliphatic heterocycles. The van der Waals surface area contributed by atoms with Crippen molar-refractivity contribution in [2.45, 2.75) is 36.6 Å². The van der Waals surface area contributed by atoms with Gasteiger partial charge in [-0.1, -0.05) is 24.3 Å². The molecule has 0 spiro atoms. The van der Waals surface area contributed by atoms with Crippen molar-refractivity contribution in [3.05, 3.63) is 64.7 Å². The van der Waals surface area contributed by atoms with Crippen LogP contribution in [0.3, 0.4) is 0 Å². The monoisotopic (exact) mass is 341 g/mol. The number of nitrogens with one attached hydrogen (secondary N) is 1. The summed E-state index contributed by atoms with van der Waals surface area (Å²) in [7, 11) is -3.31. The Morgan fingerprint density at radius 1 is 1.00 bits per heavy atom. The van der Waals surface area contributed by atoms with E-state index in [-0.39, 0.29) is 11.7 Å². The number of aryl methyl sites for hydroxylation is 2. The molecule has 0 saturated heterocycles. The van der Waals surface area contributed by atoms with Crippen LogP contribution in [0, 0.1) is 0 Å². The van der Waals surface area contributed by atoms with E-state index in [4.69, 9.17) is 0 Å². The average molecular weight is 341 g/mol. The minimum absolute atomic E-state index is 0.0664. The lowest BCUT2D eigenvalue weighted by atomic mass is 9.90. The quantitative estimate of drug-likeness (QED) is 0.913. The fourth-order valence-corrected chi connectivity index (χ4v) is 5.42. The molecule has 4 rings (SSSR count). The van der Waals surface area contributed by atoms with E-state index in [1.54, 1.807) is 24.3 Å². The van der Waals surface area contributed by atoms with E-state index in [1.165, 1.54) is 17.5 Å². The maximum absolute atomic E-state index is 12.6. The summed E-state index contributed by atoms with van der Waals surface area (Å²) in [6.45, 7) is 0. The van der Waals surface area contributed by atoms with Gasteiger partial charge in [-0.15, -0.1) is 0 Å². The molecule has 1 N–H and O–H groups in total. The number of carbonyl (C=O) groups excluding carboxylic acids is 1. The third-order valence-corrected chi connectivity index (χ3v) is 6.75. The summed E-state index contributed by atoms with van der Waals surface area (Å²) >= 11 is 0. The Kier molecular flexibility index (Phi) is 3.68. The van der Waals surface area contributed by atoms with Crippen LogP contribution in [-0.4, -0.2) is 20.1 Å². The molecule has 1 atom stereocenters. The van der Waals surface area contributed by atoms with Crippen LogP contribution in [0.15, 0.2) is 47.4 Å². The van der Waals surface area contributed by atoms with Gasteiger partial charge in [0.2, 0.25) is 0 Å². The molecular formula is C19H19NO3S. The van der Waals surface area contributed by atoms with Crippen molar-refractivity contribution in [2.75, 3.05) is 5.75 Å². The maximum atomic E-state index is 12.6. The van der Waals surface area contributed by atoms with Crippen molar-refractivity contribution in [3.63, 3.8) is 0 Å². The highest BCUT2D eigenvalue weighted by molar-refractivity contribution is 7.91. The van der Waals surface area contributed by atoms with Gasteiger partial charge in [0.05, 0.1) is 16.7 Å². The number of amides is 1. The van der Waals surface area contributed by atoms with E-state index in [9.17, 15) is 13.2 Å². The predicted molar refractivity (Wildman–Crippen MR) is 91.8 cm³/mol. The second kappa shape index (κ2) is 5.74. The van der Waals surface area contributed by atoms with E-state index >= 15 is 0 Å². The molecule has 2 aromatic rings. The fraction of sp³-hybridized carbons (Fsp3) is 0.316. The Morgan fingerprint density at radius 2 is 1.75 bits per heavy atom. The van der Waals surface area contributed by atoms with Crippen molar-refractivity contribution >= 4 is 15.7 Å². The maximum Gasteiger partial charge on any atom is 0.251 e. The van der Waals surface area contributed by atoms with Crippen LogP contribution in [-0.2, 0) is 22.7 Å². The predicted octanol–water partition coefficient (Wildman–Crippen LogP) is 2.82. The summed E-state index contributed by atoms with van der Waals surface area (Å²) in [5, 5.41) is 2.90. The number of benzene rings is 2. The van der Waals surface area contributed by atoms with E-state index in [0.717, 1.165) is 19.3 Å². The van der Waals surface area contributed by atoms with Crippen molar-refractivity contribution in [2.24, 2.45) is 0 Å². The normalized spacial score (nSPS) is 20.9. The van der Waals surface area contributed by atoms with Crippen LogP contribution in [0.1, 0.15) is 45.9 Å². The van der Waals surface area contributed by atoms with Crippen LogP contribution in [0.5, 0.6) is 0 Å². The average Bonchev–Trinajstić information content (AvgIpc) is 2.85. The van der Waals surface area contributed by atoms with E-state index in [2.05, 4.69) is 5.32 Å². The molecule has 0 radical (unpaired) electrons. The Balaban J connectivity index is 1.59. The first-order valence-electron chi connectivity index (χ1n) is 8.29. The number of hydrogen-bond donors (Lipinski definition) is 1. The van der Waals surface area contributed by atoms with Gasteiger partial charge in [-0.05, 0) is 60.6 Å². The second-order valence-electron chi connectivity index (χ2n) is 6.54. The first kappa shape index (κ1) is 15.4. The second-order valence-corrected chi connectivity index (χ2v) is 8.54. The topological polar surface area (TPSA) is 63.2 Å². The zero-order chi connectivity index (χ0) is 16.7. The Hall–Kier alpha value is -2.14. The van der Waals surface area contributed by atoms with E-state index in [1.807, 2.05) is 18.2 Å². The van der Waals surface area contributed by atoms with Gasteiger partial charge in [-0.25, -0.2) is 8.42 Å². The number of sulfone groups is 1. The van der Waals surface area contributed by atoms with Gasteiger partial charge in [0.1, 0.15) is 0 Å². The molecule has 1 heterocycles. The minimum atomic E-state index is -3.31. The van der Waals surface area contributed by atoms with Gasteiger partial charge in [0.15, 0.2) is 9.84 Å². The molecule has 2 aliphatic rings. The Labute approximate surface area is 141 Å². The molecule has 1 aliphatic carbocycles. The third kappa shape index (κ3) is 2.63. The molecule has 124 valence electrons. The summed E-state index contributed by atoms with van der Waals surface area (Å²) in [4.78, 5) is 12.9. The van der Waals surface area contributed by atoms with Gasteiger partial charge < -0.3 is 5.32 Å². The lowest BCUT2D eigenvalue weighted by Crippen LogP contribution is -2.29. The zero-order valence-corrected chi connectivity index (χ0v) is 14.1. The van der Waals surface area contributed by atoms with Crippen LogP contribution < -0.4 is 5.32 Å². The summed E-state index contributed by atoms with van der Waals surface area (Å²) in [5.74, 6) is -0.275. The highest BCUT2D eigenvalue weighted by Gasteiger charge is 2.35. The Morgan fingerprint density at radius 3 is 2.58 bits per heavy atom. The molecule has 0 aromatic heterocycles. The molecule has 2 aromatic carbocycles. The van der Waals surface area contributed by atoms with Crippen LogP contribution in [0.4, 0.5) is 0 Å². The molecule has 0 fully saturated rings. The summed E-state index contributed by atoms with van der Waals surface area (Å²) in [6, 6.07) is 12.3. The zero-order valence-electron chi connectivity index (χ0n) is 13.3. The van der Waals surface area contributed by atoms with Crippen LogP contribution in [0.2, 0.25) is 0 Å². The van der Waals surface area contributed by atoms with E-state index in [0.29, 0.717) is 16.0 Å². The van der Waals surface area contributed by atoms with Gasteiger partial charge in [-0.3, -0.25) is 4.79 Å². The summed E-state index contributed by atoms with van der Waals surface area (Å²) in [5.41, 5.74) is 3.86. The SMILES string of the molecule is O=C(NC1CS(=O)(=O)c2ccccc21)c1ccc2c(c1)CCCC2. The molecule has 0 bridgehead atoms. The summed E-state index contributed by atoms with van der Waals surface area (Å²) < 4.78 is 24.4. The first-order valence-corrected chi connectivity index (χ1v) is 9.94. The van der Waals surface area contributed by atoms with Gasteiger partial charge in [0, 0.05) is 5.56 Å². The molecular weight excluding hydrogens is 322 g/mol. The van der Waals surface area contributed by atoms with E-state index < -0.39 is 15.9 Å². The highest BCUT2D eigenvalue weighted by atomic mass is 32.2. The molecule has 5 heteroatoms. The molecule has 1 unspecified atom stereocenters. The van der Waals surface area contributed by atoms with Crippen molar-refractivity contribution in [3.8, 4) is 0 Å². The lowest BCUT2D eigenvalue weighted by Gasteiger charge is -2.17. The van der Waals surface area contributed by atoms with Crippen LogP contribution >= 0.6 is 0 Å². The smallest absolute Gasteiger partial charge is 0.251 e. The number of hydrogen-bond acceptors (Lipinski definition) is 3. The van der Waals surface area contributed by atoms with Gasteiger partial charge >= 0.3 is 0 Å². The lowest BCUT2D eigenvalue weighted by molar-refractivity contribution is 0.0940. The van der Waals surface area contributed by atoms with Crippen molar-refractivity contribution in [1.82, 2.24) is 5.32 Å². The molecule has 4 nitrogen and oxygen atoms in total. The van der Waals surface area contributed by atoms with Crippen molar-refractivity contribution in [1.29, 1.82) is 0 Å². The number of fused-ring (bicyclic) bond motifs is 2. The molecule has 1 amide bonds. The molecule has 24 heavy (non-hydrogen) atoms. The number of rotatable bonds is 2.